The second kappa shape index (κ2) is 12.6. The van der Waals surface area contributed by atoms with E-state index in [0.29, 0.717) is 18.2 Å². The number of halogens is 2. The van der Waals surface area contributed by atoms with Crippen molar-refractivity contribution in [2.75, 3.05) is 38.1 Å². The Bertz CT molecular complexity index is 833. The van der Waals surface area contributed by atoms with Crippen molar-refractivity contribution >= 4 is 53.1 Å². The second-order valence-electron chi connectivity index (χ2n) is 7.03. The molecule has 1 aliphatic heterocycles. The van der Waals surface area contributed by atoms with E-state index in [1.165, 1.54) is 0 Å². The lowest BCUT2D eigenvalue weighted by molar-refractivity contribution is 0.0953. The maximum Gasteiger partial charge on any atom is 0.251 e. The van der Waals surface area contributed by atoms with Gasteiger partial charge in [-0.3, -0.25) is 9.79 Å². The number of guanidine groups is 1. The van der Waals surface area contributed by atoms with Crippen molar-refractivity contribution in [1.29, 1.82) is 0 Å². The van der Waals surface area contributed by atoms with Crippen molar-refractivity contribution in [3.8, 4) is 0 Å². The zero-order valence-electron chi connectivity index (χ0n) is 17.1. The lowest BCUT2D eigenvalue weighted by Crippen LogP contribution is -2.45. The van der Waals surface area contributed by atoms with Crippen molar-refractivity contribution < 1.29 is 4.79 Å². The largest absolute Gasteiger partial charge is 0.369 e. The quantitative estimate of drug-likeness (QED) is 0.217. The van der Waals surface area contributed by atoms with E-state index >= 15 is 0 Å². The molecule has 1 amide bonds. The Morgan fingerprint density at radius 2 is 1.90 bits per heavy atom. The SMILES string of the molecule is CN=C(NCCCNC(=O)c1ccccc1)NC1CCN(c2cccc(Cl)c2)C1.I. The van der Waals surface area contributed by atoms with Crippen LogP contribution in [0.25, 0.3) is 0 Å². The van der Waals surface area contributed by atoms with Crippen LogP contribution in [0.2, 0.25) is 5.02 Å². The van der Waals surface area contributed by atoms with Gasteiger partial charge >= 0.3 is 0 Å². The first-order valence-electron chi connectivity index (χ1n) is 9.96. The number of aliphatic imine (C=N–C) groups is 1. The Morgan fingerprint density at radius 1 is 1.13 bits per heavy atom. The summed E-state index contributed by atoms with van der Waals surface area (Å²) < 4.78 is 0. The van der Waals surface area contributed by atoms with Crippen molar-refractivity contribution in [3.63, 3.8) is 0 Å². The summed E-state index contributed by atoms with van der Waals surface area (Å²) in [7, 11) is 1.77. The summed E-state index contributed by atoms with van der Waals surface area (Å²) >= 11 is 6.11. The van der Waals surface area contributed by atoms with Crippen LogP contribution in [-0.2, 0) is 0 Å². The molecule has 0 bridgehead atoms. The molecule has 0 spiro atoms. The number of hydrogen-bond acceptors (Lipinski definition) is 3. The molecule has 30 heavy (non-hydrogen) atoms. The molecule has 1 aliphatic rings. The van der Waals surface area contributed by atoms with Crippen LogP contribution < -0.4 is 20.9 Å². The molecule has 0 aliphatic carbocycles. The smallest absolute Gasteiger partial charge is 0.251 e. The minimum Gasteiger partial charge on any atom is -0.369 e. The summed E-state index contributed by atoms with van der Waals surface area (Å²) in [5.41, 5.74) is 1.84. The first-order chi connectivity index (χ1) is 14.2. The van der Waals surface area contributed by atoms with Crippen molar-refractivity contribution in [1.82, 2.24) is 16.0 Å². The number of amides is 1. The lowest BCUT2D eigenvalue weighted by atomic mass is 10.2. The second-order valence-corrected chi connectivity index (χ2v) is 7.47. The van der Waals surface area contributed by atoms with Crippen LogP contribution in [0, 0.1) is 0 Å². The topological polar surface area (TPSA) is 68.8 Å². The van der Waals surface area contributed by atoms with E-state index in [1.54, 1.807) is 7.05 Å². The van der Waals surface area contributed by atoms with Crippen molar-refractivity contribution in [3.05, 3.63) is 65.2 Å². The Kier molecular flexibility index (Phi) is 10.2. The Hall–Kier alpha value is -2.00. The van der Waals surface area contributed by atoms with Gasteiger partial charge in [-0.15, -0.1) is 24.0 Å². The molecule has 1 atom stereocenters. The van der Waals surface area contributed by atoms with Crippen LogP contribution in [0.5, 0.6) is 0 Å². The van der Waals surface area contributed by atoms with Crippen LogP contribution in [0.1, 0.15) is 23.2 Å². The van der Waals surface area contributed by atoms with E-state index in [4.69, 9.17) is 11.6 Å². The summed E-state index contributed by atoms with van der Waals surface area (Å²) in [6, 6.07) is 17.6. The molecule has 2 aromatic rings. The van der Waals surface area contributed by atoms with Crippen molar-refractivity contribution in [2.24, 2.45) is 4.99 Å². The number of benzene rings is 2. The fourth-order valence-electron chi connectivity index (χ4n) is 3.36. The molecule has 1 saturated heterocycles. The Morgan fingerprint density at radius 3 is 2.63 bits per heavy atom. The molecular formula is C22H29ClIN5O. The van der Waals surface area contributed by atoms with E-state index in [9.17, 15) is 4.79 Å². The highest BCUT2D eigenvalue weighted by atomic mass is 127. The Labute approximate surface area is 200 Å². The number of carbonyl (C=O) groups is 1. The summed E-state index contributed by atoms with van der Waals surface area (Å²) in [6.07, 6.45) is 1.86. The summed E-state index contributed by atoms with van der Waals surface area (Å²) in [5.74, 6) is 0.748. The molecule has 3 rings (SSSR count). The third-order valence-corrected chi connectivity index (χ3v) is 5.13. The third-order valence-electron chi connectivity index (χ3n) is 4.89. The molecule has 1 heterocycles. The maximum atomic E-state index is 12.0. The van der Waals surface area contributed by atoms with E-state index < -0.39 is 0 Å². The molecule has 0 radical (unpaired) electrons. The fraction of sp³-hybridized carbons (Fsp3) is 0.364. The average molecular weight is 542 g/mol. The van der Waals surface area contributed by atoms with Gasteiger partial charge in [-0.2, -0.15) is 0 Å². The van der Waals surface area contributed by atoms with E-state index in [1.807, 2.05) is 48.5 Å². The van der Waals surface area contributed by atoms with E-state index in [2.05, 4.69) is 31.9 Å². The molecule has 3 N–H and O–H groups in total. The third kappa shape index (κ3) is 7.36. The first kappa shape index (κ1) is 24.3. The maximum absolute atomic E-state index is 12.0. The molecule has 0 saturated carbocycles. The lowest BCUT2D eigenvalue weighted by Gasteiger charge is -2.20. The van der Waals surface area contributed by atoms with Crippen LogP contribution in [0.15, 0.2) is 59.6 Å². The molecule has 1 fully saturated rings. The number of anilines is 1. The Balaban J connectivity index is 0.00000320. The first-order valence-corrected chi connectivity index (χ1v) is 10.3. The predicted octanol–water partition coefficient (Wildman–Crippen LogP) is 3.52. The van der Waals surface area contributed by atoms with E-state index in [0.717, 1.165) is 49.1 Å². The van der Waals surface area contributed by atoms with Gasteiger partial charge in [0.05, 0.1) is 0 Å². The van der Waals surface area contributed by atoms with Gasteiger partial charge in [0.15, 0.2) is 5.96 Å². The zero-order valence-corrected chi connectivity index (χ0v) is 20.2. The normalized spacial score (nSPS) is 16.0. The predicted molar refractivity (Wildman–Crippen MR) is 135 cm³/mol. The van der Waals surface area contributed by atoms with E-state index in [-0.39, 0.29) is 29.9 Å². The molecule has 8 heteroatoms. The highest BCUT2D eigenvalue weighted by molar-refractivity contribution is 14.0. The van der Waals surface area contributed by atoms with Crippen molar-refractivity contribution in [2.45, 2.75) is 18.9 Å². The van der Waals surface area contributed by atoms with Crippen LogP contribution in [0.4, 0.5) is 5.69 Å². The molecule has 162 valence electrons. The molecular weight excluding hydrogens is 513 g/mol. The summed E-state index contributed by atoms with van der Waals surface area (Å²) in [5, 5.41) is 10.5. The minimum atomic E-state index is -0.0415. The van der Waals surface area contributed by atoms with Gasteiger partial charge in [0.1, 0.15) is 0 Å². The van der Waals surface area contributed by atoms with Gasteiger partial charge < -0.3 is 20.9 Å². The monoisotopic (exact) mass is 541 g/mol. The van der Waals surface area contributed by atoms with Gasteiger partial charge in [-0.1, -0.05) is 35.9 Å². The highest BCUT2D eigenvalue weighted by Gasteiger charge is 2.23. The number of hydrogen-bond donors (Lipinski definition) is 3. The number of nitrogens with zero attached hydrogens (tertiary/aromatic N) is 2. The van der Waals surface area contributed by atoms with Gasteiger partial charge in [-0.25, -0.2) is 0 Å². The molecule has 0 aromatic heterocycles. The fourth-order valence-corrected chi connectivity index (χ4v) is 3.55. The van der Waals surface area contributed by atoms with Gasteiger partial charge in [0.25, 0.3) is 5.91 Å². The number of nitrogens with one attached hydrogen (secondary N) is 3. The summed E-state index contributed by atoms with van der Waals surface area (Å²) in [6.45, 7) is 3.25. The van der Waals surface area contributed by atoms with Gasteiger partial charge in [-0.05, 0) is 43.2 Å². The number of rotatable bonds is 7. The van der Waals surface area contributed by atoms with Crippen LogP contribution in [0.3, 0.4) is 0 Å². The zero-order chi connectivity index (χ0) is 20.5. The molecule has 1 unspecified atom stereocenters. The average Bonchev–Trinajstić information content (AvgIpc) is 3.21. The highest BCUT2D eigenvalue weighted by Crippen LogP contribution is 2.23. The molecule has 2 aromatic carbocycles. The molecule has 6 nitrogen and oxygen atoms in total. The van der Waals surface area contributed by atoms with Gasteiger partial charge in [0.2, 0.25) is 0 Å². The standard InChI is InChI=1S/C22H28ClN5O.HI/c1-24-22(26-13-6-12-25-21(29)17-7-3-2-4-8-17)27-19-11-14-28(16-19)20-10-5-9-18(23)15-20;/h2-5,7-10,15,19H,6,11-14,16H2,1H3,(H,25,29)(H2,24,26,27);1H. The van der Waals surface area contributed by atoms with Crippen LogP contribution in [-0.4, -0.2) is 51.1 Å². The minimum absolute atomic E-state index is 0. The van der Waals surface area contributed by atoms with Gasteiger partial charge in [0, 0.05) is 55.5 Å². The number of carbonyl (C=O) groups excluding carboxylic acids is 1. The van der Waals surface area contributed by atoms with Crippen LogP contribution >= 0.6 is 35.6 Å². The summed E-state index contributed by atoms with van der Waals surface area (Å²) in [4.78, 5) is 18.7.